The highest BCUT2D eigenvalue weighted by molar-refractivity contribution is 6.06. The lowest BCUT2D eigenvalue weighted by molar-refractivity contribution is 0.0671. The monoisotopic (exact) mass is 434 g/mol. The van der Waals surface area contributed by atoms with Crippen molar-refractivity contribution in [2.45, 2.75) is 6.29 Å². The van der Waals surface area contributed by atoms with Gasteiger partial charge in [0.1, 0.15) is 11.6 Å². The van der Waals surface area contributed by atoms with Crippen LogP contribution in [0.1, 0.15) is 0 Å². The second kappa shape index (κ2) is 9.64. The zero-order chi connectivity index (χ0) is 20.2. The van der Waals surface area contributed by atoms with E-state index < -0.39 is 6.29 Å². The Kier molecular flexibility index (Phi) is 6.96. The fourth-order valence-electron chi connectivity index (χ4n) is 3.29. The van der Waals surface area contributed by atoms with E-state index in [-0.39, 0.29) is 24.2 Å². The van der Waals surface area contributed by atoms with Crippen LogP contribution in [0.5, 0.6) is 5.75 Å². The molecule has 1 atom stereocenters. The minimum Gasteiger partial charge on any atom is -0.497 e. The lowest BCUT2D eigenvalue weighted by Gasteiger charge is -2.41. The van der Waals surface area contributed by atoms with Gasteiger partial charge in [0, 0.05) is 24.5 Å². The van der Waals surface area contributed by atoms with E-state index in [1.807, 2.05) is 29.2 Å². The van der Waals surface area contributed by atoms with Gasteiger partial charge >= 0.3 is 0 Å². The molecule has 2 aromatic rings. The number of morpholine rings is 1. The van der Waals surface area contributed by atoms with Crippen molar-refractivity contribution in [3.8, 4) is 5.75 Å². The Morgan fingerprint density at radius 1 is 1.17 bits per heavy atom. The first-order valence-electron chi connectivity index (χ1n) is 9.34. The molecule has 8 nitrogen and oxygen atoms in total. The Morgan fingerprint density at radius 2 is 1.90 bits per heavy atom. The van der Waals surface area contributed by atoms with Crippen LogP contribution in [-0.2, 0) is 4.74 Å². The summed E-state index contributed by atoms with van der Waals surface area (Å²) in [6.07, 6.45) is -0.597. The Labute approximate surface area is 180 Å². The van der Waals surface area contributed by atoms with Gasteiger partial charge in [-0.2, -0.15) is 4.99 Å². The van der Waals surface area contributed by atoms with Gasteiger partial charge in [0.05, 0.1) is 20.3 Å². The minimum atomic E-state index is -0.597. The number of ether oxygens (including phenoxy) is 2. The maximum Gasteiger partial charge on any atom is 0.222 e. The second-order valence-electron chi connectivity index (χ2n) is 6.59. The third-order valence-electron chi connectivity index (χ3n) is 4.69. The maximum atomic E-state index is 13.7. The van der Waals surface area contributed by atoms with E-state index in [0.717, 1.165) is 11.4 Å². The SMILES string of the molecule is COc1ccc(N2C(N3CCOCC3)=NC(N)=NC2Nc2cccc(F)c2)cc1.Cl. The molecule has 0 aliphatic carbocycles. The zero-order valence-corrected chi connectivity index (χ0v) is 17.3. The quantitative estimate of drug-likeness (QED) is 0.768. The minimum absolute atomic E-state index is 0. The van der Waals surface area contributed by atoms with Crippen LogP contribution in [0.25, 0.3) is 0 Å². The summed E-state index contributed by atoms with van der Waals surface area (Å²) < 4.78 is 24.4. The van der Waals surface area contributed by atoms with E-state index in [9.17, 15) is 4.39 Å². The molecule has 0 saturated carbocycles. The molecule has 10 heteroatoms. The van der Waals surface area contributed by atoms with E-state index in [1.165, 1.54) is 12.1 Å². The standard InChI is InChI=1S/C20H23FN6O2.ClH/c1-28-17-7-5-16(6-8-17)27-19(23-15-4-2-3-14(21)13-15)24-18(22)25-20(27)26-9-11-29-12-10-26;/h2-8,13,19,23H,9-12H2,1H3,(H2,22,24);1H. The molecule has 30 heavy (non-hydrogen) atoms. The first-order valence-corrected chi connectivity index (χ1v) is 9.34. The molecule has 2 heterocycles. The van der Waals surface area contributed by atoms with Crippen molar-refractivity contribution in [3.05, 3.63) is 54.3 Å². The number of nitrogens with one attached hydrogen (secondary N) is 1. The lowest BCUT2D eigenvalue weighted by atomic mass is 10.2. The number of anilines is 2. The molecule has 1 unspecified atom stereocenters. The average Bonchev–Trinajstić information content (AvgIpc) is 2.74. The molecule has 2 aliphatic heterocycles. The van der Waals surface area contributed by atoms with Gasteiger partial charge in [0.15, 0.2) is 0 Å². The van der Waals surface area contributed by atoms with Crippen LogP contribution in [0.15, 0.2) is 58.5 Å². The Balaban J connectivity index is 0.00000256. The van der Waals surface area contributed by atoms with Gasteiger partial charge in [-0.1, -0.05) is 6.07 Å². The topological polar surface area (TPSA) is 87.7 Å². The molecule has 3 N–H and O–H groups in total. The number of rotatable bonds is 4. The lowest BCUT2D eigenvalue weighted by Crippen LogP contribution is -2.57. The summed E-state index contributed by atoms with van der Waals surface area (Å²) in [6, 6.07) is 13.8. The Morgan fingerprint density at radius 3 is 2.57 bits per heavy atom. The van der Waals surface area contributed by atoms with E-state index in [0.29, 0.717) is 38.0 Å². The van der Waals surface area contributed by atoms with Crippen molar-refractivity contribution in [3.63, 3.8) is 0 Å². The van der Waals surface area contributed by atoms with Crippen molar-refractivity contribution in [1.29, 1.82) is 0 Å². The highest BCUT2D eigenvalue weighted by Crippen LogP contribution is 2.26. The average molecular weight is 435 g/mol. The van der Waals surface area contributed by atoms with E-state index in [2.05, 4.69) is 20.2 Å². The number of halogens is 2. The molecule has 4 rings (SSSR count). The normalized spacial score (nSPS) is 18.8. The van der Waals surface area contributed by atoms with Crippen LogP contribution in [0.4, 0.5) is 15.8 Å². The summed E-state index contributed by atoms with van der Waals surface area (Å²) in [5.41, 5.74) is 7.47. The van der Waals surface area contributed by atoms with Crippen LogP contribution in [0.2, 0.25) is 0 Å². The predicted octanol–water partition coefficient (Wildman–Crippen LogP) is 2.47. The molecule has 1 saturated heterocycles. The van der Waals surface area contributed by atoms with Crippen molar-refractivity contribution < 1.29 is 13.9 Å². The number of hydrogen-bond donors (Lipinski definition) is 2. The van der Waals surface area contributed by atoms with Gasteiger partial charge in [-0.25, -0.2) is 9.38 Å². The number of nitrogens with two attached hydrogens (primary N) is 1. The molecule has 1 fully saturated rings. The number of aliphatic imine (C=N–C) groups is 2. The zero-order valence-electron chi connectivity index (χ0n) is 16.5. The molecule has 160 valence electrons. The molecule has 0 spiro atoms. The molecular formula is C20H24ClFN6O2. The van der Waals surface area contributed by atoms with Crippen LogP contribution >= 0.6 is 12.4 Å². The van der Waals surface area contributed by atoms with Crippen molar-refractivity contribution in [1.82, 2.24) is 4.90 Å². The van der Waals surface area contributed by atoms with Crippen molar-refractivity contribution in [2.24, 2.45) is 15.7 Å². The van der Waals surface area contributed by atoms with Crippen molar-refractivity contribution >= 4 is 35.7 Å². The Hall–Kier alpha value is -3.04. The van der Waals surface area contributed by atoms with Gasteiger partial charge in [-0.05, 0) is 42.5 Å². The molecule has 0 amide bonds. The van der Waals surface area contributed by atoms with E-state index >= 15 is 0 Å². The smallest absolute Gasteiger partial charge is 0.222 e. The fraction of sp³-hybridized carbons (Fsp3) is 0.300. The van der Waals surface area contributed by atoms with Crippen LogP contribution < -0.4 is 20.7 Å². The molecule has 2 aromatic carbocycles. The molecule has 2 aliphatic rings. The third-order valence-corrected chi connectivity index (χ3v) is 4.69. The molecule has 0 bridgehead atoms. The summed E-state index contributed by atoms with van der Waals surface area (Å²) in [7, 11) is 1.62. The van der Waals surface area contributed by atoms with Crippen LogP contribution in [0.3, 0.4) is 0 Å². The second-order valence-corrected chi connectivity index (χ2v) is 6.59. The van der Waals surface area contributed by atoms with Gasteiger partial charge < -0.3 is 25.4 Å². The van der Waals surface area contributed by atoms with Gasteiger partial charge in [-0.3, -0.25) is 4.90 Å². The number of benzene rings is 2. The summed E-state index contributed by atoms with van der Waals surface area (Å²) in [5, 5.41) is 3.25. The maximum absolute atomic E-state index is 13.7. The first-order chi connectivity index (χ1) is 14.1. The third kappa shape index (κ3) is 4.74. The largest absolute Gasteiger partial charge is 0.497 e. The number of hydrogen-bond acceptors (Lipinski definition) is 8. The summed E-state index contributed by atoms with van der Waals surface area (Å²) >= 11 is 0. The van der Waals surface area contributed by atoms with Gasteiger partial charge in [0.2, 0.25) is 18.2 Å². The molecule has 0 radical (unpaired) electrons. The molecular weight excluding hydrogens is 411 g/mol. The Bertz CT molecular complexity index is 918. The van der Waals surface area contributed by atoms with Crippen LogP contribution in [0, 0.1) is 5.82 Å². The summed E-state index contributed by atoms with van der Waals surface area (Å²) in [5.74, 6) is 1.24. The number of methoxy groups -OCH3 is 1. The highest BCUT2D eigenvalue weighted by Gasteiger charge is 2.32. The summed E-state index contributed by atoms with van der Waals surface area (Å²) in [6.45, 7) is 2.58. The van der Waals surface area contributed by atoms with E-state index in [1.54, 1.807) is 19.2 Å². The predicted molar refractivity (Wildman–Crippen MR) is 118 cm³/mol. The fourth-order valence-corrected chi connectivity index (χ4v) is 3.29. The van der Waals surface area contributed by atoms with Crippen molar-refractivity contribution in [2.75, 3.05) is 43.6 Å². The number of guanidine groups is 2. The highest BCUT2D eigenvalue weighted by atomic mass is 35.5. The van der Waals surface area contributed by atoms with E-state index in [4.69, 9.17) is 15.2 Å². The summed E-state index contributed by atoms with van der Waals surface area (Å²) in [4.78, 5) is 13.0. The van der Waals surface area contributed by atoms with Gasteiger partial charge in [0.25, 0.3) is 0 Å². The molecule has 0 aromatic heterocycles. The van der Waals surface area contributed by atoms with Crippen LogP contribution in [-0.4, -0.2) is 56.5 Å². The first kappa shape index (κ1) is 21.7. The number of nitrogens with zero attached hydrogens (tertiary/aromatic N) is 4. The van der Waals surface area contributed by atoms with Gasteiger partial charge in [-0.15, -0.1) is 12.4 Å².